The number of rotatable bonds is 0. The molecule has 0 aliphatic carbocycles. The molecular weight excluding hydrogens is 295 g/mol. The molecule has 0 saturated carbocycles. The second-order valence-corrected chi connectivity index (χ2v) is 2.67. The minimum absolute atomic E-state index is 0. The quantitative estimate of drug-likeness (QED) is 0.734. The largest absolute Gasteiger partial charge is 0.508 e. The summed E-state index contributed by atoms with van der Waals surface area (Å²) in [4.78, 5) is 0. The van der Waals surface area contributed by atoms with E-state index in [1.807, 2.05) is 12.1 Å². The Morgan fingerprint density at radius 1 is 0.533 bits per heavy atom. The van der Waals surface area contributed by atoms with Crippen LogP contribution in [0, 0.1) is 0 Å². The minimum atomic E-state index is 0. The molecule has 0 bridgehead atoms. The van der Waals surface area contributed by atoms with E-state index < -0.39 is 0 Å². The molecule has 0 saturated heterocycles. The van der Waals surface area contributed by atoms with Crippen molar-refractivity contribution in [2.75, 3.05) is 0 Å². The van der Waals surface area contributed by atoms with E-state index in [4.69, 9.17) is 10.2 Å². The topological polar surface area (TPSA) is 40.5 Å². The van der Waals surface area contributed by atoms with Crippen LogP contribution in [0.5, 0.6) is 11.5 Å². The molecule has 0 aliphatic rings. The maximum absolute atomic E-state index is 8.63. The van der Waals surface area contributed by atoms with E-state index in [0.717, 1.165) is 0 Å². The van der Waals surface area contributed by atoms with Crippen molar-refractivity contribution in [3.8, 4) is 11.5 Å². The van der Waals surface area contributed by atoms with Crippen molar-refractivity contribution in [2.24, 2.45) is 0 Å². The van der Waals surface area contributed by atoms with Gasteiger partial charge >= 0.3 is 0 Å². The number of phenolic OH excluding ortho intramolecular Hbond substituents is 2. The molecule has 0 aliphatic heterocycles. The van der Waals surface area contributed by atoms with Crippen LogP contribution in [0.1, 0.15) is 0 Å². The van der Waals surface area contributed by atoms with E-state index in [9.17, 15) is 0 Å². The average molecular weight is 307 g/mol. The van der Waals surface area contributed by atoms with Gasteiger partial charge in [0, 0.05) is 23.9 Å². The fraction of sp³-hybridized carbons (Fsp3) is 0. The summed E-state index contributed by atoms with van der Waals surface area (Å²) in [6.45, 7) is 0. The monoisotopic (exact) mass is 308 g/mol. The second kappa shape index (κ2) is 8.17. The molecule has 4 radical (unpaired) electrons. The van der Waals surface area contributed by atoms with Crippen molar-refractivity contribution in [3.05, 3.63) is 60.7 Å². The Hall–Kier alpha value is -1.16. The van der Waals surface area contributed by atoms with Crippen LogP contribution in [0.3, 0.4) is 0 Å². The van der Waals surface area contributed by atoms with Crippen molar-refractivity contribution >= 4 is 23.9 Å². The zero-order valence-corrected chi connectivity index (χ0v) is 11.0. The molecule has 0 fully saturated rings. The molecule has 2 aromatic rings. The van der Waals surface area contributed by atoms with Gasteiger partial charge in [-0.25, -0.2) is 0 Å². The maximum atomic E-state index is 8.63. The molecule has 15 heavy (non-hydrogen) atoms. The van der Waals surface area contributed by atoms with Crippen LogP contribution < -0.4 is 0 Å². The third-order valence-electron chi connectivity index (χ3n) is 1.51. The Balaban J connectivity index is 0.000000245. The summed E-state index contributed by atoms with van der Waals surface area (Å²) in [5, 5.41) is 17.3. The first kappa shape index (κ1) is 13.8. The van der Waals surface area contributed by atoms with E-state index in [1.54, 1.807) is 48.5 Å². The number of hydrogen-bond acceptors (Lipinski definition) is 2. The average Bonchev–Trinajstić information content (AvgIpc) is 2.21. The minimum Gasteiger partial charge on any atom is -0.508 e. The van der Waals surface area contributed by atoms with Gasteiger partial charge in [0.25, 0.3) is 0 Å². The summed E-state index contributed by atoms with van der Waals surface area (Å²) in [5.41, 5.74) is 0. The third kappa shape index (κ3) is 6.85. The summed E-state index contributed by atoms with van der Waals surface area (Å²) in [6, 6.07) is 17.4. The molecule has 0 heterocycles. The molecule has 2 aromatic carbocycles. The van der Waals surface area contributed by atoms with Gasteiger partial charge in [-0.15, -0.1) is 0 Å². The molecule has 0 unspecified atom stereocenters. The molecule has 2 N–H and O–H groups in total. The molecule has 76 valence electrons. The number of aromatic hydroxyl groups is 2. The number of para-hydroxylation sites is 2. The number of phenols is 2. The van der Waals surface area contributed by atoms with Gasteiger partial charge in [0.15, 0.2) is 0 Å². The van der Waals surface area contributed by atoms with Gasteiger partial charge in [-0.3, -0.25) is 0 Å². The first-order chi connectivity index (χ1) is 6.79. The summed E-state index contributed by atoms with van der Waals surface area (Å²) < 4.78 is 0. The summed E-state index contributed by atoms with van der Waals surface area (Å²) in [5.74, 6) is 0.644. The van der Waals surface area contributed by atoms with E-state index in [-0.39, 0.29) is 23.9 Å². The van der Waals surface area contributed by atoms with Crippen LogP contribution in [-0.2, 0) is 0 Å². The normalized spacial score (nSPS) is 8.00. The first-order valence-electron chi connectivity index (χ1n) is 4.27. The SMILES string of the molecule is Oc1ccccc1.Oc1ccccc1.[Sn]. The van der Waals surface area contributed by atoms with Crippen LogP contribution in [0.15, 0.2) is 60.7 Å². The molecular formula is C12H12O2Sn. The van der Waals surface area contributed by atoms with Crippen LogP contribution >= 0.6 is 0 Å². The van der Waals surface area contributed by atoms with Crippen LogP contribution in [0.4, 0.5) is 0 Å². The van der Waals surface area contributed by atoms with Crippen molar-refractivity contribution < 1.29 is 10.2 Å². The van der Waals surface area contributed by atoms with E-state index in [0.29, 0.717) is 11.5 Å². The summed E-state index contributed by atoms with van der Waals surface area (Å²) in [6.07, 6.45) is 0. The van der Waals surface area contributed by atoms with E-state index in [1.165, 1.54) is 0 Å². The van der Waals surface area contributed by atoms with Gasteiger partial charge < -0.3 is 10.2 Å². The molecule has 0 spiro atoms. The van der Waals surface area contributed by atoms with Gasteiger partial charge in [-0.2, -0.15) is 0 Å². The summed E-state index contributed by atoms with van der Waals surface area (Å²) in [7, 11) is 0. The van der Waals surface area contributed by atoms with Crippen molar-refractivity contribution in [3.63, 3.8) is 0 Å². The Morgan fingerprint density at radius 3 is 0.933 bits per heavy atom. The molecule has 2 nitrogen and oxygen atoms in total. The third-order valence-corrected chi connectivity index (χ3v) is 1.51. The zero-order chi connectivity index (χ0) is 10.2. The van der Waals surface area contributed by atoms with Crippen LogP contribution in [0.2, 0.25) is 0 Å². The second-order valence-electron chi connectivity index (χ2n) is 2.67. The molecule has 2 rings (SSSR count). The molecule has 3 heteroatoms. The van der Waals surface area contributed by atoms with Gasteiger partial charge in [-0.05, 0) is 24.3 Å². The number of hydrogen-bond donors (Lipinski definition) is 2. The Morgan fingerprint density at radius 2 is 0.800 bits per heavy atom. The zero-order valence-electron chi connectivity index (χ0n) is 8.17. The van der Waals surface area contributed by atoms with E-state index >= 15 is 0 Å². The van der Waals surface area contributed by atoms with E-state index in [2.05, 4.69) is 0 Å². The maximum Gasteiger partial charge on any atom is 0.115 e. The van der Waals surface area contributed by atoms with Crippen LogP contribution in [-0.4, -0.2) is 34.1 Å². The van der Waals surface area contributed by atoms with Crippen molar-refractivity contribution in [1.82, 2.24) is 0 Å². The molecule has 0 amide bonds. The molecule has 0 aromatic heterocycles. The molecule has 0 atom stereocenters. The fourth-order valence-corrected chi connectivity index (χ4v) is 0.856. The first-order valence-corrected chi connectivity index (χ1v) is 4.27. The smallest absolute Gasteiger partial charge is 0.115 e. The van der Waals surface area contributed by atoms with Gasteiger partial charge in [-0.1, -0.05) is 36.4 Å². The van der Waals surface area contributed by atoms with Crippen LogP contribution in [0.25, 0.3) is 0 Å². The Labute approximate surface area is 106 Å². The fourth-order valence-electron chi connectivity index (χ4n) is 0.856. The van der Waals surface area contributed by atoms with Crippen molar-refractivity contribution in [2.45, 2.75) is 0 Å². The standard InChI is InChI=1S/2C6H6O.Sn/c2*7-6-4-2-1-3-5-6;/h2*1-5,7H;. The number of benzene rings is 2. The summed E-state index contributed by atoms with van der Waals surface area (Å²) >= 11 is 0. The predicted molar refractivity (Wildman–Crippen MR) is 62.0 cm³/mol. The van der Waals surface area contributed by atoms with Gasteiger partial charge in [0.2, 0.25) is 0 Å². The Bertz CT molecular complexity index is 311. The van der Waals surface area contributed by atoms with Crippen molar-refractivity contribution in [1.29, 1.82) is 0 Å². The van der Waals surface area contributed by atoms with Gasteiger partial charge in [0.1, 0.15) is 11.5 Å². The Kier molecular flexibility index (Phi) is 7.54. The van der Waals surface area contributed by atoms with Gasteiger partial charge in [0.05, 0.1) is 0 Å². The predicted octanol–water partition coefficient (Wildman–Crippen LogP) is 2.40.